The molecule has 118 valence electrons. The third-order valence-electron chi connectivity index (χ3n) is 5.03. The molecule has 0 radical (unpaired) electrons. The van der Waals surface area contributed by atoms with E-state index in [2.05, 4.69) is 10.2 Å². The van der Waals surface area contributed by atoms with Gasteiger partial charge in [0.15, 0.2) is 0 Å². The molecule has 3 fully saturated rings. The molecule has 3 saturated heterocycles. The van der Waals surface area contributed by atoms with E-state index < -0.39 is 0 Å². The molecule has 1 aromatic heterocycles. The fourth-order valence-electron chi connectivity index (χ4n) is 3.79. The molecule has 3 aliphatic heterocycles. The van der Waals surface area contributed by atoms with Crippen molar-refractivity contribution < 1.29 is 9.21 Å². The highest BCUT2D eigenvalue weighted by molar-refractivity contribution is 5.97. The minimum absolute atomic E-state index is 0.0608. The van der Waals surface area contributed by atoms with E-state index in [9.17, 15) is 4.79 Å². The lowest BCUT2D eigenvalue weighted by atomic mass is 9.94. The zero-order valence-electron chi connectivity index (χ0n) is 12.9. The van der Waals surface area contributed by atoms with E-state index in [0.29, 0.717) is 11.1 Å². The third-order valence-corrected chi connectivity index (χ3v) is 5.03. The summed E-state index contributed by atoms with van der Waals surface area (Å²) in [5.74, 6) is 0.949. The third kappa shape index (κ3) is 2.82. The Hall–Kier alpha value is -2.32. The van der Waals surface area contributed by atoms with Crippen LogP contribution >= 0.6 is 0 Å². The normalized spacial score (nSPS) is 26.7. The number of amides is 1. The van der Waals surface area contributed by atoms with Gasteiger partial charge < -0.3 is 14.6 Å². The summed E-state index contributed by atoms with van der Waals surface area (Å²) in [6.07, 6.45) is 3.58. The minimum Gasteiger partial charge on any atom is -0.446 e. The molecule has 1 atom stereocenters. The number of hydrogen-bond acceptors (Lipinski definition) is 4. The number of piperidine rings is 1. The number of benzene rings is 1. The van der Waals surface area contributed by atoms with Crippen molar-refractivity contribution in [1.29, 1.82) is 5.26 Å². The van der Waals surface area contributed by atoms with Crippen LogP contribution in [0.4, 0.5) is 0 Å². The van der Waals surface area contributed by atoms with Crippen LogP contribution in [0.15, 0.2) is 28.7 Å². The SMILES string of the molecule is N#Cc1cc2ccc(C(=O)NC3CC4CCN(CC4)C3)cc2o1. The number of nitrogens with zero attached hydrogens (tertiary/aromatic N) is 2. The van der Waals surface area contributed by atoms with Gasteiger partial charge >= 0.3 is 0 Å². The van der Waals surface area contributed by atoms with Crippen LogP contribution in [0.5, 0.6) is 0 Å². The van der Waals surface area contributed by atoms with Gasteiger partial charge in [-0.25, -0.2) is 0 Å². The molecule has 1 unspecified atom stereocenters. The first-order valence-corrected chi connectivity index (χ1v) is 8.18. The van der Waals surface area contributed by atoms with Crippen molar-refractivity contribution in [3.05, 3.63) is 35.6 Å². The molecule has 0 spiro atoms. The zero-order valence-corrected chi connectivity index (χ0v) is 12.9. The number of nitriles is 1. The van der Waals surface area contributed by atoms with E-state index in [4.69, 9.17) is 9.68 Å². The standard InChI is InChI=1S/C18H19N3O2/c19-10-16-8-13-1-2-14(9-17(13)23-16)18(22)20-15-7-12-3-5-21(11-15)6-4-12/h1-2,8-9,12,15H,3-7,11H2,(H,20,22). The lowest BCUT2D eigenvalue weighted by Gasteiger charge is -2.26. The molecule has 2 bridgehead atoms. The Morgan fingerprint density at radius 1 is 1.30 bits per heavy atom. The van der Waals surface area contributed by atoms with Gasteiger partial charge in [-0.2, -0.15) is 5.26 Å². The number of carbonyl (C=O) groups excluding carboxylic acids is 1. The van der Waals surface area contributed by atoms with Crippen LogP contribution in [-0.4, -0.2) is 36.5 Å². The maximum absolute atomic E-state index is 12.5. The number of rotatable bonds is 2. The first-order valence-electron chi connectivity index (χ1n) is 8.18. The van der Waals surface area contributed by atoms with Gasteiger partial charge in [0.1, 0.15) is 11.7 Å². The highest BCUT2D eigenvalue weighted by Gasteiger charge is 2.29. The molecule has 1 N–H and O–H groups in total. The van der Waals surface area contributed by atoms with Crippen LogP contribution in [-0.2, 0) is 0 Å². The number of nitrogens with one attached hydrogen (secondary N) is 1. The van der Waals surface area contributed by atoms with Crippen LogP contribution in [0.3, 0.4) is 0 Å². The summed E-state index contributed by atoms with van der Waals surface area (Å²) in [5, 5.41) is 12.9. The second-order valence-corrected chi connectivity index (χ2v) is 6.63. The van der Waals surface area contributed by atoms with E-state index >= 15 is 0 Å². The Morgan fingerprint density at radius 2 is 2.13 bits per heavy atom. The van der Waals surface area contributed by atoms with E-state index in [0.717, 1.165) is 37.4 Å². The van der Waals surface area contributed by atoms with Crippen LogP contribution in [0, 0.1) is 17.2 Å². The van der Waals surface area contributed by atoms with Gasteiger partial charge in [-0.1, -0.05) is 6.07 Å². The van der Waals surface area contributed by atoms with Gasteiger partial charge in [-0.15, -0.1) is 0 Å². The van der Waals surface area contributed by atoms with Crippen LogP contribution < -0.4 is 5.32 Å². The van der Waals surface area contributed by atoms with E-state index in [1.54, 1.807) is 18.2 Å². The second kappa shape index (κ2) is 5.71. The monoisotopic (exact) mass is 309 g/mol. The summed E-state index contributed by atoms with van der Waals surface area (Å²) in [4.78, 5) is 15.0. The summed E-state index contributed by atoms with van der Waals surface area (Å²) in [6, 6.07) is 9.23. The van der Waals surface area contributed by atoms with Crippen LogP contribution in [0.25, 0.3) is 11.0 Å². The molecule has 3 aliphatic rings. The Bertz CT molecular complexity index is 767. The average Bonchev–Trinajstić information content (AvgIpc) is 2.77. The Kier molecular flexibility index (Phi) is 3.55. The molecule has 1 amide bonds. The highest BCUT2D eigenvalue weighted by Crippen LogP contribution is 2.27. The predicted octanol–water partition coefficient (Wildman–Crippen LogP) is 2.52. The molecular weight excluding hydrogens is 290 g/mol. The van der Waals surface area contributed by atoms with Crippen molar-refractivity contribution in [3.63, 3.8) is 0 Å². The summed E-state index contributed by atoms with van der Waals surface area (Å²) >= 11 is 0. The Balaban J connectivity index is 1.51. The largest absolute Gasteiger partial charge is 0.446 e. The second-order valence-electron chi connectivity index (χ2n) is 6.63. The summed E-state index contributed by atoms with van der Waals surface area (Å²) < 4.78 is 5.41. The number of hydrogen-bond donors (Lipinski definition) is 1. The number of fused-ring (bicyclic) bond motifs is 5. The minimum atomic E-state index is -0.0608. The zero-order chi connectivity index (χ0) is 15.8. The topological polar surface area (TPSA) is 69.3 Å². The molecule has 4 heterocycles. The van der Waals surface area contributed by atoms with Crippen molar-refractivity contribution in [2.75, 3.05) is 19.6 Å². The van der Waals surface area contributed by atoms with Crippen LogP contribution in [0.1, 0.15) is 35.4 Å². The number of carbonyl (C=O) groups is 1. The summed E-state index contributed by atoms with van der Waals surface area (Å²) in [5.41, 5.74) is 1.17. The Labute approximate surface area is 134 Å². The fourth-order valence-corrected chi connectivity index (χ4v) is 3.79. The smallest absolute Gasteiger partial charge is 0.251 e. The molecule has 5 rings (SSSR count). The average molecular weight is 309 g/mol. The first kappa shape index (κ1) is 14.3. The lowest BCUT2D eigenvalue weighted by Crippen LogP contribution is -2.41. The lowest BCUT2D eigenvalue weighted by molar-refractivity contribution is 0.0929. The summed E-state index contributed by atoms with van der Waals surface area (Å²) in [6.45, 7) is 3.27. The number of furan rings is 1. The van der Waals surface area contributed by atoms with Gasteiger partial charge in [-0.3, -0.25) is 4.79 Å². The molecule has 1 aromatic carbocycles. The van der Waals surface area contributed by atoms with Crippen molar-refractivity contribution in [3.8, 4) is 6.07 Å². The van der Waals surface area contributed by atoms with Crippen molar-refractivity contribution >= 4 is 16.9 Å². The Morgan fingerprint density at radius 3 is 2.91 bits per heavy atom. The predicted molar refractivity (Wildman–Crippen MR) is 86.0 cm³/mol. The van der Waals surface area contributed by atoms with Crippen molar-refractivity contribution in [2.45, 2.75) is 25.3 Å². The molecule has 5 heteroatoms. The van der Waals surface area contributed by atoms with Gasteiger partial charge in [0.25, 0.3) is 5.91 Å². The maximum Gasteiger partial charge on any atom is 0.251 e. The van der Waals surface area contributed by atoms with Crippen molar-refractivity contribution in [2.24, 2.45) is 5.92 Å². The van der Waals surface area contributed by atoms with Crippen LogP contribution in [0.2, 0.25) is 0 Å². The molecule has 23 heavy (non-hydrogen) atoms. The molecule has 2 aromatic rings. The maximum atomic E-state index is 12.5. The molecule has 0 saturated carbocycles. The highest BCUT2D eigenvalue weighted by atomic mass is 16.3. The van der Waals surface area contributed by atoms with Gasteiger partial charge in [0.05, 0.1) is 0 Å². The quantitative estimate of drug-likeness (QED) is 0.925. The fraction of sp³-hybridized carbons (Fsp3) is 0.444. The molecular formula is C18H19N3O2. The molecule has 5 nitrogen and oxygen atoms in total. The molecule has 0 aliphatic carbocycles. The van der Waals surface area contributed by atoms with Gasteiger partial charge in [0, 0.05) is 29.6 Å². The first-order chi connectivity index (χ1) is 11.2. The van der Waals surface area contributed by atoms with Crippen molar-refractivity contribution in [1.82, 2.24) is 10.2 Å². The van der Waals surface area contributed by atoms with Gasteiger partial charge in [-0.05, 0) is 50.4 Å². The van der Waals surface area contributed by atoms with E-state index in [1.165, 1.54) is 12.8 Å². The van der Waals surface area contributed by atoms with Gasteiger partial charge in [0.2, 0.25) is 5.76 Å². The summed E-state index contributed by atoms with van der Waals surface area (Å²) in [7, 11) is 0. The van der Waals surface area contributed by atoms with E-state index in [1.807, 2.05) is 12.1 Å². The van der Waals surface area contributed by atoms with E-state index in [-0.39, 0.29) is 17.7 Å².